The lowest BCUT2D eigenvalue weighted by molar-refractivity contribution is -0.122. The molecule has 1 amide bonds. The van der Waals surface area contributed by atoms with Gasteiger partial charge in [-0.1, -0.05) is 6.92 Å². The number of hydrogen-bond donors (Lipinski definition) is 3. The number of hydrogen-bond acceptors (Lipinski definition) is 3. The Morgan fingerprint density at radius 2 is 1.87 bits per heavy atom. The quantitative estimate of drug-likeness (QED) is 0.231. The molecule has 0 bridgehead atoms. The summed E-state index contributed by atoms with van der Waals surface area (Å²) in [6.45, 7) is 9.66. The molecule has 1 atom stereocenters. The minimum Gasteiger partial charge on any atom is -0.357 e. The van der Waals surface area contributed by atoms with Crippen molar-refractivity contribution in [2.45, 2.75) is 45.6 Å². The van der Waals surface area contributed by atoms with Crippen molar-refractivity contribution in [3.63, 3.8) is 0 Å². The molecule has 1 saturated carbocycles. The third-order valence-corrected chi connectivity index (χ3v) is 4.37. The SMILES string of the molecule is CCNC(=NCC1CCCN1CC)NCCNC(=O)C1CC1.I. The summed E-state index contributed by atoms with van der Waals surface area (Å²) in [6.07, 6.45) is 4.64. The fraction of sp³-hybridized carbons (Fsp3) is 0.875. The van der Waals surface area contributed by atoms with Gasteiger partial charge < -0.3 is 16.0 Å². The average molecular weight is 437 g/mol. The Kier molecular flexibility index (Phi) is 9.85. The molecule has 0 aromatic carbocycles. The maximum absolute atomic E-state index is 11.6. The van der Waals surface area contributed by atoms with E-state index in [0.717, 1.165) is 38.4 Å². The summed E-state index contributed by atoms with van der Waals surface area (Å²) in [5, 5.41) is 9.53. The van der Waals surface area contributed by atoms with Gasteiger partial charge in [0.1, 0.15) is 0 Å². The van der Waals surface area contributed by atoms with Crippen LogP contribution in [0.15, 0.2) is 4.99 Å². The highest BCUT2D eigenvalue weighted by molar-refractivity contribution is 14.0. The van der Waals surface area contributed by atoms with Crippen molar-refractivity contribution in [1.29, 1.82) is 0 Å². The minimum absolute atomic E-state index is 0. The summed E-state index contributed by atoms with van der Waals surface area (Å²) < 4.78 is 0. The Hall–Kier alpha value is -0.570. The summed E-state index contributed by atoms with van der Waals surface area (Å²) in [6, 6.07) is 0.579. The molecule has 3 N–H and O–H groups in total. The molecule has 1 aliphatic heterocycles. The van der Waals surface area contributed by atoms with Gasteiger partial charge in [-0.2, -0.15) is 0 Å². The highest BCUT2D eigenvalue weighted by Gasteiger charge is 2.29. The van der Waals surface area contributed by atoms with Crippen molar-refractivity contribution in [2.24, 2.45) is 10.9 Å². The van der Waals surface area contributed by atoms with Gasteiger partial charge in [-0.05, 0) is 45.7 Å². The van der Waals surface area contributed by atoms with Gasteiger partial charge in [-0.25, -0.2) is 0 Å². The smallest absolute Gasteiger partial charge is 0.223 e. The number of rotatable bonds is 8. The standard InChI is InChI=1S/C16H31N5O.HI/c1-3-17-16(19-10-9-18-15(22)13-7-8-13)20-12-14-6-5-11-21(14)4-2;/h13-14H,3-12H2,1-2H3,(H,18,22)(H2,17,19,20);1H. The second kappa shape index (κ2) is 11.1. The molecule has 1 heterocycles. The third kappa shape index (κ3) is 7.24. The molecule has 2 rings (SSSR count). The number of guanidine groups is 1. The highest BCUT2D eigenvalue weighted by Crippen LogP contribution is 2.28. The molecular formula is C16H32IN5O. The first-order valence-corrected chi connectivity index (χ1v) is 8.78. The largest absolute Gasteiger partial charge is 0.357 e. The van der Waals surface area contributed by atoms with E-state index in [1.165, 1.54) is 19.4 Å². The molecule has 0 aromatic heterocycles. The normalized spacial score (nSPS) is 21.7. The first-order chi connectivity index (χ1) is 10.7. The predicted octanol–water partition coefficient (Wildman–Crippen LogP) is 1.17. The van der Waals surface area contributed by atoms with E-state index in [-0.39, 0.29) is 35.8 Å². The van der Waals surface area contributed by atoms with Crippen LogP contribution in [0.1, 0.15) is 39.5 Å². The Balaban J connectivity index is 0.00000264. The van der Waals surface area contributed by atoms with Gasteiger partial charge in [-0.3, -0.25) is 14.7 Å². The molecule has 1 saturated heterocycles. The van der Waals surface area contributed by atoms with Gasteiger partial charge >= 0.3 is 0 Å². The third-order valence-electron chi connectivity index (χ3n) is 4.37. The van der Waals surface area contributed by atoms with Crippen molar-refractivity contribution in [3.05, 3.63) is 0 Å². The van der Waals surface area contributed by atoms with Crippen molar-refractivity contribution in [2.75, 3.05) is 39.3 Å². The van der Waals surface area contributed by atoms with Crippen LogP contribution in [0.25, 0.3) is 0 Å². The average Bonchev–Trinajstić information content (AvgIpc) is 3.28. The van der Waals surface area contributed by atoms with Crippen LogP contribution in [-0.4, -0.2) is 62.1 Å². The van der Waals surface area contributed by atoms with Crippen molar-refractivity contribution < 1.29 is 4.79 Å². The first-order valence-electron chi connectivity index (χ1n) is 8.78. The molecule has 7 heteroatoms. The van der Waals surface area contributed by atoms with E-state index in [0.29, 0.717) is 19.1 Å². The minimum atomic E-state index is 0. The van der Waals surface area contributed by atoms with Crippen molar-refractivity contribution in [3.8, 4) is 0 Å². The van der Waals surface area contributed by atoms with Crippen molar-refractivity contribution in [1.82, 2.24) is 20.9 Å². The number of likely N-dealkylation sites (N-methyl/N-ethyl adjacent to an activating group) is 1. The summed E-state index contributed by atoms with van der Waals surface area (Å²) in [5.74, 6) is 1.34. The van der Waals surface area contributed by atoms with Crippen LogP contribution in [-0.2, 0) is 4.79 Å². The number of carbonyl (C=O) groups excluding carboxylic acids is 1. The first kappa shape index (κ1) is 20.5. The summed E-state index contributed by atoms with van der Waals surface area (Å²) in [4.78, 5) is 18.8. The Morgan fingerprint density at radius 1 is 1.13 bits per heavy atom. The van der Waals surface area contributed by atoms with Gasteiger partial charge in [0.25, 0.3) is 0 Å². The van der Waals surface area contributed by atoms with Gasteiger partial charge in [0.05, 0.1) is 6.54 Å². The van der Waals surface area contributed by atoms with Crippen LogP contribution in [0.4, 0.5) is 0 Å². The van der Waals surface area contributed by atoms with Crippen LogP contribution < -0.4 is 16.0 Å². The molecule has 0 radical (unpaired) electrons. The number of nitrogens with one attached hydrogen (secondary N) is 3. The van der Waals surface area contributed by atoms with Crippen LogP contribution >= 0.6 is 24.0 Å². The topological polar surface area (TPSA) is 68.8 Å². The second-order valence-electron chi connectivity index (χ2n) is 6.14. The molecule has 23 heavy (non-hydrogen) atoms. The van der Waals surface area contributed by atoms with E-state index in [9.17, 15) is 4.79 Å². The van der Waals surface area contributed by atoms with Crippen LogP contribution in [0.3, 0.4) is 0 Å². The summed E-state index contributed by atoms with van der Waals surface area (Å²) >= 11 is 0. The number of nitrogens with zero attached hydrogens (tertiary/aromatic N) is 2. The molecule has 1 unspecified atom stereocenters. The maximum Gasteiger partial charge on any atom is 0.223 e. The summed E-state index contributed by atoms with van der Waals surface area (Å²) in [7, 11) is 0. The van der Waals surface area contributed by atoms with E-state index in [1.54, 1.807) is 0 Å². The Labute approximate surface area is 157 Å². The van der Waals surface area contributed by atoms with E-state index in [4.69, 9.17) is 4.99 Å². The number of halogens is 1. The zero-order valence-corrected chi connectivity index (χ0v) is 16.8. The summed E-state index contributed by atoms with van der Waals surface area (Å²) in [5.41, 5.74) is 0. The predicted molar refractivity (Wildman–Crippen MR) is 105 cm³/mol. The highest BCUT2D eigenvalue weighted by atomic mass is 127. The fourth-order valence-corrected chi connectivity index (χ4v) is 2.91. The van der Waals surface area contributed by atoms with Gasteiger partial charge in [-0.15, -0.1) is 24.0 Å². The molecule has 6 nitrogen and oxygen atoms in total. The zero-order valence-electron chi connectivity index (χ0n) is 14.4. The molecule has 2 aliphatic rings. The molecule has 1 aliphatic carbocycles. The lowest BCUT2D eigenvalue weighted by Gasteiger charge is -2.21. The van der Waals surface area contributed by atoms with Gasteiger partial charge in [0, 0.05) is 31.6 Å². The molecule has 0 aromatic rings. The number of likely N-dealkylation sites (tertiary alicyclic amines) is 1. The van der Waals surface area contributed by atoms with Gasteiger partial charge in [0.15, 0.2) is 5.96 Å². The van der Waals surface area contributed by atoms with E-state index in [2.05, 4.69) is 34.7 Å². The van der Waals surface area contributed by atoms with E-state index in [1.807, 2.05) is 0 Å². The lowest BCUT2D eigenvalue weighted by Crippen LogP contribution is -2.42. The number of carbonyl (C=O) groups is 1. The monoisotopic (exact) mass is 437 g/mol. The molecule has 0 spiro atoms. The lowest BCUT2D eigenvalue weighted by atomic mass is 10.2. The van der Waals surface area contributed by atoms with Crippen LogP contribution in [0.2, 0.25) is 0 Å². The zero-order chi connectivity index (χ0) is 15.8. The van der Waals surface area contributed by atoms with Gasteiger partial charge in [0.2, 0.25) is 5.91 Å². The van der Waals surface area contributed by atoms with Crippen molar-refractivity contribution >= 4 is 35.8 Å². The molecule has 2 fully saturated rings. The second-order valence-corrected chi connectivity index (χ2v) is 6.14. The van der Waals surface area contributed by atoms with Crippen LogP contribution in [0, 0.1) is 5.92 Å². The number of aliphatic imine (C=N–C) groups is 1. The molecule has 134 valence electrons. The maximum atomic E-state index is 11.6. The number of amides is 1. The fourth-order valence-electron chi connectivity index (χ4n) is 2.91. The molecular weight excluding hydrogens is 405 g/mol. The van der Waals surface area contributed by atoms with E-state index < -0.39 is 0 Å². The van der Waals surface area contributed by atoms with E-state index >= 15 is 0 Å². The van der Waals surface area contributed by atoms with Crippen LogP contribution in [0.5, 0.6) is 0 Å². The Bertz CT molecular complexity index is 387. The Morgan fingerprint density at radius 3 is 2.52 bits per heavy atom.